The third-order valence-corrected chi connectivity index (χ3v) is 4.11. The van der Waals surface area contributed by atoms with Crippen LogP contribution in [-0.2, 0) is 21.4 Å². The minimum absolute atomic E-state index is 0.0144. The molecule has 0 aromatic carbocycles. The Morgan fingerprint density at radius 3 is 2.79 bits per heavy atom. The van der Waals surface area contributed by atoms with Crippen molar-refractivity contribution in [3.63, 3.8) is 0 Å². The van der Waals surface area contributed by atoms with Crippen molar-refractivity contribution >= 4 is 16.0 Å². The Morgan fingerprint density at radius 2 is 2.26 bits per heavy atom. The first-order valence-electron chi connectivity index (χ1n) is 6.11. The Bertz CT molecular complexity index is 524. The summed E-state index contributed by atoms with van der Waals surface area (Å²) in [5.74, 6) is -0.878. The zero-order valence-electron chi connectivity index (χ0n) is 11.0. The van der Waals surface area contributed by atoms with Gasteiger partial charge in [0.25, 0.3) is 10.0 Å². The quantitative estimate of drug-likeness (QED) is 0.738. The van der Waals surface area contributed by atoms with E-state index in [0.717, 1.165) is 0 Å². The molecule has 8 heteroatoms. The van der Waals surface area contributed by atoms with Gasteiger partial charge in [-0.05, 0) is 26.7 Å². The Hall–Kier alpha value is -1.41. The molecule has 1 rings (SSSR count). The number of hydrogen-bond donors (Lipinski definition) is 2. The normalized spacial score (nSPS) is 13.4. The van der Waals surface area contributed by atoms with Crippen LogP contribution in [0.5, 0.6) is 0 Å². The van der Waals surface area contributed by atoms with Crippen molar-refractivity contribution < 1.29 is 18.3 Å². The highest BCUT2D eigenvalue weighted by atomic mass is 32.2. The standard InChI is InChI=1S/C11H19N3O4S/c1-3-14-7-10(12-8-14)19(17,18)13-9(2)5-4-6-11(15)16/h7-9,13H,3-6H2,1-2H3,(H,15,16). The zero-order valence-corrected chi connectivity index (χ0v) is 11.9. The van der Waals surface area contributed by atoms with Crippen molar-refractivity contribution in [2.45, 2.75) is 50.7 Å². The summed E-state index contributed by atoms with van der Waals surface area (Å²) in [7, 11) is -3.63. The van der Waals surface area contributed by atoms with Gasteiger partial charge in [-0.3, -0.25) is 4.79 Å². The fraction of sp³-hybridized carbons (Fsp3) is 0.636. The van der Waals surface area contributed by atoms with Crippen LogP contribution in [0.3, 0.4) is 0 Å². The number of hydrogen-bond acceptors (Lipinski definition) is 4. The third-order valence-electron chi connectivity index (χ3n) is 2.63. The van der Waals surface area contributed by atoms with Crippen LogP contribution >= 0.6 is 0 Å². The minimum atomic E-state index is -3.63. The molecule has 1 aromatic heterocycles. The van der Waals surface area contributed by atoms with E-state index in [9.17, 15) is 13.2 Å². The van der Waals surface area contributed by atoms with Crippen molar-refractivity contribution in [3.8, 4) is 0 Å². The third kappa shape index (κ3) is 4.99. The van der Waals surface area contributed by atoms with Gasteiger partial charge in [0.15, 0.2) is 5.03 Å². The van der Waals surface area contributed by atoms with E-state index in [1.54, 1.807) is 11.5 Å². The van der Waals surface area contributed by atoms with Crippen LogP contribution in [0, 0.1) is 0 Å². The Kier molecular flexibility index (Phi) is 5.49. The average molecular weight is 289 g/mol. The highest BCUT2D eigenvalue weighted by Crippen LogP contribution is 2.08. The number of carbonyl (C=O) groups is 1. The molecule has 1 unspecified atom stereocenters. The molecule has 1 atom stereocenters. The summed E-state index contributed by atoms with van der Waals surface area (Å²) >= 11 is 0. The molecule has 0 amide bonds. The first kappa shape index (κ1) is 15.6. The van der Waals surface area contributed by atoms with Gasteiger partial charge in [0.2, 0.25) is 0 Å². The van der Waals surface area contributed by atoms with Gasteiger partial charge >= 0.3 is 5.97 Å². The SMILES string of the molecule is CCn1cnc(S(=O)(=O)NC(C)CCCC(=O)O)c1. The summed E-state index contributed by atoms with van der Waals surface area (Å²) in [6, 6.07) is -0.323. The van der Waals surface area contributed by atoms with E-state index in [0.29, 0.717) is 19.4 Å². The number of rotatable bonds is 8. The lowest BCUT2D eigenvalue weighted by molar-refractivity contribution is -0.137. The molecular formula is C11H19N3O4S. The summed E-state index contributed by atoms with van der Waals surface area (Å²) in [6.45, 7) is 4.24. The van der Waals surface area contributed by atoms with E-state index in [1.165, 1.54) is 12.5 Å². The van der Waals surface area contributed by atoms with Gasteiger partial charge in [-0.1, -0.05) is 0 Å². The van der Waals surface area contributed by atoms with Crippen molar-refractivity contribution in [1.82, 2.24) is 14.3 Å². The number of sulfonamides is 1. The summed E-state index contributed by atoms with van der Waals surface area (Å²) in [4.78, 5) is 14.2. The van der Waals surface area contributed by atoms with Crippen LogP contribution < -0.4 is 4.72 Å². The number of carboxylic acid groups (broad SMARTS) is 1. The van der Waals surface area contributed by atoms with Crippen LogP contribution in [0.2, 0.25) is 0 Å². The van der Waals surface area contributed by atoms with E-state index in [2.05, 4.69) is 9.71 Å². The molecule has 19 heavy (non-hydrogen) atoms. The summed E-state index contributed by atoms with van der Waals surface area (Å²) in [5.41, 5.74) is 0. The molecular weight excluding hydrogens is 270 g/mol. The number of aliphatic carboxylic acids is 1. The molecule has 0 fully saturated rings. The van der Waals surface area contributed by atoms with Gasteiger partial charge in [-0.15, -0.1) is 0 Å². The first-order valence-corrected chi connectivity index (χ1v) is 7.59. The minimum Gasteiger partial charge on any atom is -0.481 e. The van der Waals surface area contributed by atoms with Crippen molar-refractivity contribution in [2.75, 3.05) is 0 Å². The van der Waals surface area contributed by atoms with Crippen molar-refractivity contribution in [1.29, 1.82) is 0 Å². The topological polar surface area (TPSA) is 101 Å². The number of aryl methyl sites for hydroxylation is 1. The molecule has 1 heterocycles. The Labute approximate surface area is 112 Å². The van der Waals surface area contributed by atoms with Crippen molar-refractivity contribution in [2.24, 2.45) is 0 Å². The molecule has 0 saturated carbocycles. The molecule has 0 spiro atoms. The fourth-order valence-corrected chi connectivity index (χ4v) is 2.82. The lowest BCUT2D eigenvalue weighted by Crippen LogP contribution is -2.32. The maximum atomic E-state index is 12.0. The molecule has 1 aromatic rings. The average Bonchev–Trinajstić information content (AvgIpc) is 2.76. The summed E-state index contributed by atoms with van der Waals surface area (Å²) < 4.78 is 28.1. The van der Waals surface area contributed by atoms with Crippen molar-refractivity contribution in [3.05, 3.63) is 12.5 Å². The summed E-state index contributed by atoms with van der Waals surface area (Å²) in [5, 5.41) is 8.50. The second kappa shape index (κ2) is 6.67. The van der Waals surface area contributed by atoms with Crippen LogP contribution in [0.25, 0.3) is 0 Å². The number of aromatic nitrogens is 2. The Balaban J connectivity index is 2.56. The van der Waals surface area contributed by atoms with Gasteiger partial charge in [-0.2, -0.15) is 0 Å². The highest BCUT2D eigenvalue weighted by molar-refractivity contribution is 7.89. The van der Waals surface area contributed by atoms with Crippen LogP contribution in [0.15, 0.2) is 17.6 Å². The monoisotopic (exact) mass is 289 g/mol. The number of nitrogens with one attached hydrogen (secondary N) is 1. The van der Waals surface area contributed by atoms with E-state index < -0.39 is 16.0 Å². The van der Waals surface area contributed by atoms with Crippen LogP contribution in [0.1, 0.15) is 33.1 Å². The Morgan fingerprint density at radius 1 is 1.58 bits per heavy atom. The molecule has 0 bridgehead atoms. The van der Waals surface area contributed by atoms with Crippen LogP contribution in [0.4, 0.5) is 0 Å². The lowest BCUT2D eigenvalue weighted by Gasteiger charge is -2.12. The van der Waals surface area contributed by atoms with Crippen LogP contribution in [-0.4, -0.2) is 35.1 Å². The molecule has 0 saturated heterocycles. The predicted octanol–water partition coefficient (Wildman–Crippen LogP) is 0.825. The smallest absolute Gasteiger partial charge is 0.303 e. The molecule has 108 valence electrons. The largest absolute Gasteiger partial charge is 0.481 e. The first-order chi connectivity index (χ1) is 8.85. The van der Waals surface area contributed by atoms with Gasteiger partial charge in [0.1, 0.15) is 0 Å². The van der Waals surface area contributed by atoms with Gasteiger partial charge in [0, 0.05) is 25.2 Å². The van der Waals surface area contributed by atoms with E-state index >= 15 is 0 Å². The van der Waals surface area contributed by atoms with E-state index in [-0.39, 0.29) is 17.5 Å². The molecule has 0 aliphatic carbocycles. The lowest BCUT2D eigenvalue weighted by atomic mass is 10.1. The maximum Gasteiger partial charge on any atom is 0.303 e. The molecule has 0 aliphatic heterocycles. The number of imidazole rings is 1. The number of nitrogens with zero attached hydrogens (tertiary/aromatic N) is 2. The number of carboxylic acids is 1. The van der Waals surface area contributed by atoms with Gasteiger partial charge in [0.05, 0.1) is 6.33 Å². The summed E-state index contributed by atoms with van der Waals surface area (Å²) in [6.07, 6.45) is 3.87. The van der Waals surface area contributed by atoms with Gasteiger partial charge in [-0.25, -0.2) is 18.1 Å². The predicted molar refractivity (Wildman–Crippen MR) is 69.2 cm³/mol. The van der Waals surface area contributed by atoms with Gasteiger partial charge < -0.3 is 9.67 Å². The molecule has 2 N–H and O–H groups in total. The maximum absolute atomic E-state index is 12.0. The highest BCUT2D eigenvalue weighted by Gasteiger charge is 2.19. The second-order valence-corrected chi connectivity index (χ2v) is 6.01. The van der Waals surface area contributed by atoms with E-state index in [1.807, 2.05) is 6.92 Å². The molecule has 7 nitrogen and oxygen atoms in total. The molecule has 0 aliphatic rings. The molecule has 0 radical (unpaired) electrons. The second-order valence-electron chi connectivity index (χ2n) is 4.35. The van der Waals surface area contributed by atoms with E-state index in [4.69, 9.17) is 5.11 Å². The zero-order chi connectivity index (χ0) is 14.5. The fourth-order valence-electron chi connectivity index (χ4n) is 1.59.